The molecule has 0 N–H and O–H groups in total. The molecule has 2 atom stereocenters. The summed E-state index contributed by atoms with van der Waals surface area (Å²) in [5.74, 6) is 1.09. The molecular weight excluding hydrogens is 384 g/mol. The van der Waals surface area contributed by atoms with Crippen molar-refractivity contribution in [1.29, 1.82) is 0 Å². The normalized spacial score (nSPS) is 21.4. The van der Waals surface area contributed by atoms with E-state index in [1.807, 2.05) is 30.3 Å². The molecule has 30 heavy (non-hydrogen) atoms. The van der Waals surface area contributed by atoms with E-state index in [9.17, 15) is 9.59 Å². The standard InChI is InChI=1S/C23H26N2O5/c1-28-19-9-5-6-17(14-19)22(26)25-16-20(30-18-7-3-2-4-8-18)15-21(25)23(27)24-10-12-29-13-11-24/h2-9,14,20-21H,10-13,15-16H2,1H3/t20-,21+/m0/s1. The van der Waals surface area contributed by atoms with E-state index in [4.69, 9.17) is 14.2 Å². The third kappa shape index (κ3) is 4.41. The molecule has 2 saturated heterocycles. The molecule has 2 aromatic rings. The second-order valence-electron chi connectivity index (χ2n) is 7.43. The maximum absolute atomic E-state index is 13.3. The minimum atomic E-state index is -0.560. The van der Waals surface area contributed by atoms with Gasteiger partial charge in [-0.2, -0.15) is 0 Å². The molecule has 2 aromatic carbocycles. The molecule has 2 aliphatic rings. The van der Waals surface area contributed by atoms with Gasteiger partial charge >= 0.3 is 0 Å². The second-order valence-corrected chi connectivity index (χ2v) is 7.43. The number of amides is 2. The Labute approximate surface area is 176 Å². The van der Waals surface area contributed by atoms with Crippen LogP contribution in [0.15, 0.2) is 54.6 Å². The van der Waals surface area contributed by atoms with Crippen molar-refractivity contribution in [3.8, 4) is 11.5 Å². The summed E-state index contributed by atoms with van der Waals surface area (Å²) in [7, 11) is 1.56. The van der Waals surface area contributed by atoms with Crippen LogP contribution >= 0.6 is 0 Å². The van der Waals surface area contributed by atoms with Crippen LogP contribution in [0.4, 0.5) is 0 Å². The van der Waals surface area contributed by atoms with E-state index in [2.05, 4.69) is 0 Å². The number of nitrogens with zero attached hydrogens (tertiary/aromatic N) is 2. The zero-order chi connectivity index (χ0) is 20.9. The molecule has 2 fully saturated rings. The Bertz CT molecular complexity index is 882. The van der Waals surface area contributed by atoms with Gasteiger partial charge in [-0.25, -0.2) is 0 Å². The first-order valence-electron chi connectivity index (χ1n) is 10.2. The molecule has 0 bridgehead atoms. The summed E-state index contributed by atoms with van der Waals surface area (Å²) in [4.78, 5) is 30.0. The summed E-state index contributed by atoms with van der Waals surface area (Å²) in [6.07, 6.45) is 0.206. The van der Waals surface area contributed by atoms with Gasteiger partial charge in [0.15, 0.2) is 0 Å². The lowest BCUT2D eigenvalue weighted by Gasteiger charge is -2.32. The van der Waals surface area contributed by atoms with Gasteiger partial charge in [-0.05, 0) is 30.3 Å². The van der Waals surface area contributed by atoms with Gasteiger partial charge in [0.05, 0.1) is 26.9 Å². The highest BCUT2D eigenvalue weighted by Crippen LogP contribution is 2.27. The predicted octanol–water partition coefficient (Wildman–Crippen LogP) is 2.22. The van der Waals surface area contributed by atoms with Crippen LogP contribution in [0.5, 0.6) is 11.5 Å². The monoisotopic (exact) mass is 410 g/mol. The van der Waals surface area contributed by atoms with Crippen LogP contribution in [0.1, 0.15) is 16.8 Å². The number of morpholine rings is 1. The highest BCUT2D eigenvalue weighted by molar-refractivity contribution is 5.98. The van der Waals surface area contributed by atoms with E-state index in [0.29, 0.717) is 50.6 Å². The van der Waals surface area contributed by atoms with Gasteiger partial charge in [-0.1, -0.05) is 24.3 Å². The quantitative estimate of drug-likeness (QED) is 0.756. The number of para-hydroxylation sites is 1. The topological polar surface area (TPSA) is 68.3 Å². The van der Waals surface area contributed by atoms with E-state index in [-0.39, 0.29) is 17.9 Å². The predicted molar refractivity (Wildman–Crippen MR) is 111 cm³/mol. The van der Waals surface area contributed by atoms with Crippen molar-refractivity contribution in [2.75, 3.05) is 40.0 Å². The summed E-state index contributed by atoms with van der Waals surface area (Å²) in [5.41, 5.74) is 0.495. The third-order valence-electron chi connectivity index (χ3n) is 5.49. The van der Waals surface area contributed by atoms with E-state index >= 15 is 0 Å². The Kier molecular flexibility index (Phi) is 6.18. The summed E-state index contributed by atoms with van der Waals surface area (Å²) < 4.78 is 16.7. The number of likely N-dealkylation sites (tertiary alicyclic amines) is 1. The van der Waals surface area contributed by atoms with E-state index in [0.717, 1.165) is 5.75 Å². The van der Waals surface area contributed by atoms with Gasteiger partial charge in [-0.3, -0.25) is 9.59 Å². The van der Waals surface area contributed by atoms with Crippen molar-refractivity contribution in [2.45, 2.75) is 18.6 Å². The average molecular weight is 410 g/mol. The summed E-state index contributed by atoms with van der Waals surface area (Å²) in [6.45, 7) is 2.48. The molecule has 0 radical (unpaired) electrons. The molecule has 0 spiro atoms. The molecular formula is C23H26N2O5. The van der Waals surface area contributed by atoms with Crippen LogP contribution in [-0.2, 0) is 9.53 Å². The molecule has 0 aliphatic carbocycles. The summed E-state index contributed by atoms with van der Waals surface area (Å²) in [5, 5.41) is 0. The van der Waals surface area contributed by atoms with Crippen LogP contribution in [0.25, 0.3) is 0 Å². The number of carbonyl (C=O) groups is 2. The lowest BCUT2D eigenvalue weighted by Crippen LogP contribution is -2.51. The highest BCUT2D eigenvalue weighted by Gasteiger charge is 2.43. The first-order valence-corrected chi connectivity index (χ1v) is 10.2. The fourth-order valence-corrected chi connectivity index (χ4v) is 3.95. The van der Waals surface area contributed by atoms with Gasteiger partial charge < -0.3 is 24.0 Å². The Balaban J connectivity index is 1.56. The van der Waals surface area contributed by atoms with Crippen molar-refractivity contribution in [1.82, 2.24) is 9.80 Å². The molecule has 7 heteroatoms. The minimum absolute atomic E-state index is 0.0475. The smallest absolute Gasteiger partial charge is 0.254 e. The van der Waals surface area contributed by atoms with Gasteiger partial charge in [0.2, 0.25) is 5.91 Å². The third-order valence-corrected chi connectivity index (χ3v) is 5.49. The van der Waals surface area contributed by atoms with E-state index in [1.54, 1.807) is 41.2 Å². The molecule has 2 amide bonds. The molecule has 2 aliphatic heterocycles. The van der Waals surface area contributed by atoms with Crippen molar-refractivity contribution in [3.05, 3.63) is 60.2 Å². The van der Waals surface area contributed by atoms with E-state index < -0.39 is 6.04 Å². The van der Waals surface area contributed by atoms with Crippen LogP contribution < -0.4 is 9.47 Å². The number of carbonyl (C=O) groups excluding carboxylic acids is 2. The molecule has 7 nitrogen and oxygen atoms in total. The zero-order valence-electron chi connectivity index (χ0n) is 17.0. The SMILES string of the molecule is COc1cccc(C(=O)N2C[C@@H](Oc3ccccc3)C[C@@H]2C(=O)N2CCOCC2)c1. The van der Waals surface area contributed by atoms with Crippen LogP contribution in [0.2, 0.25) is 0 Å². The summed E-state index contributed by atoms with van der Waals surface area (Å²) in [6, 6.07) is 15.9. The van der Waals surface area contributed by atoms with Crippen LogP contribution in [-0.4, -0.2) is 73.7 Å². The van der Waals surface area contributed by atoms with Crippen molar-refractivity contribution in [2.24, 2.45) is 0 Å². The maximum Gasteiger partial charge on any atom is 0.254 e. The average Bonchev–Trinajstić information content (AvgIpc) is 3.23. The fourth-order valence-electron chi connectivity index (χ4n) is 3.95. The van der Waals surface area contributed by atoms with Gasteiger partial charge in [0.1, 0.15) is 23.6 Å². The first kappa shape index (κ1) is 20.2. The van der Waals surface area contributed by atoms with Crippen molar-refractivity contribution >= 4 is 11.8 Å². The van der Waals surface area contributed by atoms with Crippen LogP contribution in [0, 0.1) is 0 Å². The van der Waals surface area contributed by atoms with Crippen molar-refractivity contribution < 1.29 is 23.8 Å². The van der Waals surface area contributed by atoms with Crippen molar-refractivity contribution in [3.63, 3.8) is 0 Å². The molecule has 0 unspecified atom stereocenters. The Morgan fingerprint density at radius 2 is 1.73 bits per heavy atom. The number of hydrogen-bond acceptors (Lipinski definition) is 5. The van der Waals surface area contributed by atoms with Crippen LogP contribution in [0.3, 0.4) is 0 Å². The minimum Gasteiger partial charge on any atom is -0.497 e. The number of hydrogen-bond donors (Lipinski definition) is 0. The Morgan fingerprint density at radius 1 is 1.00 bits per heavy atom. The number of benzene rings is 2. The second kappa shape index (κ2) is 9.17. The van der Waals surface area contributed by atoms with Gasteiger partial charge in [0, 0.05) is 25.1 Å². The fraction of sp³-hybridized carbons (Fsp3) is 0.391. The molecule has 158 valence electrons. The molecule has 0 aromatic heterocycles. The first-order chi connectivity index (χ1) is 14.7. The van der Waals surface area contributed by atoms with Gasteiger partial charge in [-0.15, -0.1) is 0 Å². The highest BCUT2D eigenvalue weighted by atomic mass is 16.5. The largest absolute Gasteiger partial charge is 0.497 e. The van der Waals surface area contributed by atoms with Gasteiger partial charge in [0.25, 0.3) is 5.91 Å². The number of ether oxygens (including phenoxy) is 3. The van der Waals surface area contributed by atoms with E-state index in [1.165, 1.54) is 0 Å². The summed E-state index contributed by atoms with van der Waals surface area (Å²) >= 11 is 0. The Morgan fingerprint density at radius 3 is 2.47 bits per heavy atom. The maximum atomic E-state index is 13.3. The molecule has 2 heterocycles. The number of rotatable bonds is 5. The zero-order valence-corrected chi connectivity index (χ0v) is 17.0. The number of methoxy groups -OCH3 is 1. The molecule has 4 rings (SSSR count). The molecule has 0 saturated carbocycles. The lowest BCUT2D eigenvalue weighted by molar-refractivity contribution is -0.139. The Hall–Kier alpha value is -3.06. The lowest BCUT2D eigenvalue weighted by atomic mass is 10.1.